The number of nitrogens with one attached hydrogen (secondary N) is 2. The number of benzene rings is 1. The average Bonchev–Trinajstić information content (AvgIpc) is 3.10. The van der Waals surface area contributed by atoms with Gasteiger partial charge in [-0.25, -0.2) is 4.79 Å². The molecule has 0 bridgehead atoms. The molecule has 2 amide bonds. The van der Waals surface area contributed by atoms with Crippen LogP contribution in [0.25, 0.3) is 0 Å². The highest BCUT2D eigenvalue weighted by Gasteiger charge is 2.14. The van der Waals surface area contributed by atoms with E-state index in [4.69, 9.17) is 14.6 Å². The van der Waals surface area contributed by atoms with Gasteiger partial charge in [0, 0.05) is 6.54 Å². The number of carbonyl (C=O) groups is 1. The van der Waals surface area contributed by atoms with Gasteiger partial charge in [-0.05, 0) is 34.5 Å². The molecule has 7 heteroatoms. The van der Waals surface area contributed by atoms with Crippen molar-refractivity contribution in [3.05, 3.63) is 46.7 Å². The monoisotopic (exact) mass is 336 g/mol. The van der Waals surface area contributed by atoms with Crippen molar-refractivity contribution in [2.45, 2.75) is 6.10 Å². The van der Waals surface area contributed by atoms with Crippen LogP contribution in [0.4, 0.5) is 10.5 Å². The zero-order chi connectivity index (χ0) is 16.5. The molecule has 1 heterocycles. The first-order valence-electron chi connectivity index (χ1n) is 7.17. The van der Waals surface area contributed by atoms with Crippen LogP contribution in [0.1, 0.15) is 11.7 Å². The summed E-state index contributed by atoms with van der Waals surface area (Å²) in [6, 6.07) is 8.77. The Morgan fingerprint density at radius 3 is 2.87 bits per heavy atom. The lowest BCUT2D eigenvalue weighted by molar-refractivity contribution is 0.0299. The highest BCUT2D eigenvalue weighted by atomic mass is 32.1. The molecule has 2 rings (SSSR count). The zero-order valence-corrected chi connectivity index (χ0v) is 13.6. The number of para-hydroxylation sites is 2. The Hall–Kier alpha value is -2.09. The predicted octanol–water partition coefficient (Wildman–Crippen LogP) is 2.63. The molecular formula is C16H20N2O4S. The molecule has 3 N–H and O–H groups in total. The van der Waals surface area contributed by atoms with E-state index in [1.165, 1.54) is 0 Å². The van der Waals surface area contributed by atoms with Gasteiger partial charge in [-0.2, -0.15) is 11.3 Å². The fourth-order valence-electron chi connectivity index (χ4n) is 2.03. The Morgan fingerprint density at radius 2 is 2.17 bits per heavy atom. The van der Waals surface area contributed by atoms with Gasteiger partial charge < -0.3 is 25.2 Å². The Bertz CT molecular complexity index is 604. The fraction of sp³-hybridized carbons (Fsp3) is 0.312. The fourth-order valence-corrected chi connectivity index (χ4v) is 2.73. The van der Waals surface area contributed by atoms with Crippen LogP contribution in [-0.2, 0) is 4.74 Å². The van der Waals surface area contributed by atoms with Crippen LogP contribution in [-0.4, -0.2) is 38.0 Å². The highest BCUT2D eigenvalue weighted by Crippen LogP contribution is 2.23. The van der Waals surface area contributed by atoms with Crippen molar-refractivity contribution >= 4 is 23.1 Å². The van der Waals surface area contributed by atoms with Gasteiger partial charge >= 0.3 is 6.03 Å². The molecule has 0 aliphatic carbocycles. The first kappa shape index (κ1) is 17.3. The van der Waals surface area contributed by atoms with Crippen molar-refractivity contribution in [3.8, 4) is 5.75 Å². The van der Waals surface area contributed by atoms with Gasteiger partial charge in [0.1, 0.15) is 11.9 Å². The lowest BCUT2D eigenvalue weighted by Gasteiger charge is -2.18. The van der Waals surface area contributed by atoms with Crippen molar-refractivity contribution in [2.75, 3.05) is 32.2 Å². The van der Waals surface area contributed by atoms with Gasteiger partial charge in [0.15, 0.2) is 0 Å². The van der Waals surface area contributed by atoms with Crippen LogP contribution in [0.3, 0.4) is 0 Å². The minimum atomic E-state index is -0.345. The second kappa shape index (κ2) is 9.14. The molecule has 23 heavy (non-hydrogen) atoms. The Labute approximate surface area is 139 Å². The molecule has 1 aromatic carbocycles. The Morgan fingerprint density at radius 1 is 1.35 bits per heavy atom. The number of amides is 2. The number of ether oxygens (including phenoxy) is 2. The van der Waals surface area contributed by atoms with Crippen LogP contribution >= 0.6 is 11.3 Å². The number of anilines is 1. The molecule has 2 aromatic rings. The number of rotatable bonds is 8. The van der Waals surface area contributed by atoms with E-state index in [9.17, 15) is 4.79 Å². The summed E-state index contributed by atoms with van der Waals surface area (Å²) in [5, 5.41) is 18.3. The van der Waals surface area contributed by atoms with E-state index in [0.717, 1.165) is 5.56 Å². The maximum Gasteiger partial charge on any atom is 0.319 e. The Kier molecular flexibility index (Phi) is 6.86. The van der Waals surface area contributed by atoms with Crippen LogP contribution in [0.15, 0.2) is 41.1 Å². The summed E-state index contributed by atoms with van der Waals surface area (Å²) in [6.07, 6.45) is -0.295. The lowest BCUT2D eigenvalue weighted by Crippen LogP contribution is -2.33. The SMILES string of the molecule is COc1ccccc1NC(=O)NC[C@H](OCCO)c1ccsc1. The van der Waals surface area contributed by atoms with E-state index in [1.54, 1.807) is 30.6 Å². The summed E-state index contributed by atoms with van der Waals surface area (Å²) in [4.78, 5) is 12.0. The number of methoxy groups -OCH3 is 1. The second-order valence-electron chi connectivity index (χ2n) is 4.68. The van der Waals surface area contributed by atoms with Gasteiger partial charge in [-0.3, -0.25) is 0 Å². The number of thiophene rings is 1. The molecule has 0 saturated heterocycles. The number of urea groups is 1. The van der Waals surface area contributed by atoms with Gasteiger partial charge in [0.2, 0.25) is 0 Å². The van der Waals surface area contributed by atoms with Crippen molar-refractivity contribution in [1.29, 1.82) is 0 Å². The van der Waals surface area contributed by atoms with Crippen molar-refractivity contribution in [1.82, 2.24) is 5.32 Å². The molecule has 0 aliphatic rings. The first-order chi connectivity index (χ1) is 11.2. The molecule has 0 fully saturated rings. The summed E-state index contributed by atoms with van der Waals surface area (Å²) < 4.78 is 10.8. The van der Waals surface area contributed by atoms with Gasteiger partial charge in [-0.1, -0.05) is 12.1 Å². The van der Waals surface area contributed by atoms with E-state index in [0.29, 0.717) is 18.0 Å². The Balaban J connectivity index is 1.91. The summed E-state index contributed by atoms with van der Waals surface area (Å²) in [6.45, 7) is 0.460. The topological polar surface area (TPSA) is 79.8 Å². The summed E-state index contributed by atoms with van der Waals surface area (Å²) >= 11 is 1.56. The maximum absolute atomic E-state index is 12.0. The largest absolute Gasteiger partial charge is 0.495 e. The minimum Gasteiger partial charge on any atom is -0.495 e. The van der Waals surface area contributed by atoms with Gasteiger partial charge in [0.25, 0.3) is 0 Å². The van der Waals surface area contributed by atoms with E-state index in [-0.39, 0.29) is 25.3 Å². The molecule has 6 nitrogen and oxygen atoms in total. The van der Waals surface area contributed by atoms with Gasteiger partial charge in [-0.15, -0.1) is 0 Å². The third-order valence-corrected chi connectivity index (χ3v) is 3.83. The lowest BCUT2D eigenvalue weighted by atomic mass is 10.2. The average molecular weight is 336 g/mol. The second-order valence-corrected chi connectivity index (χ2v) is 5.46. The van der Waals surface area contributed by atoms with Crippen LogP contribution < -0.4 is 15.4 Å². The van der Waals surface area contributed by atoms with Gasteiger partial charge in [0.05, 0.1) is 26.0 Å². The normalized spacial score (nSPS) is 11.7. The number of hydrogen-bond donors (Lipinski definition) is 3. The third kappa shape index (κ3) is 5.24. The molecule has 124 valence electrons. The van der Waals surface area contributed by atoms with Crippen LogP contribution in [0.5, 0.6) is 5.75 Å². The number of carbonyl (C=O) groups excluding carboxylic acids is 1. The zero-order valence-electron chi connectivity index (χ0n) is 12.8. The molecule has 1 atom stereocenters. The molecular weight excluding hydrogens is 316 g/mol. The summed E-state index contributed by atoms with van der Waals surface area (Å²) in [5.74, 6) is 0.591. The van der Waals surface area contributed by atoms with E-state index >= 15 is 0 Å². The van der Waals surface area contributed by atoms with Crippen molar-refractivity contribution in [2.24, 2.45) is 0 Å². The predicted molar refractivity (Wildman–Crippen MR) is 90.1 cm³/mol. The minimum absolute atomic E-state index is 0.0615. The van der Waals surface area contributed by atoms with Crippen LogP contribution in [0.2, 0.25) is 0 Å². The summed E-state index contributed by atoms with van der Waals surface area (Å²) in [5.41, 5.74) is 1.57. The van der Waals surface area contributed by atoms with Crippen LogP contribution in [0, 0.1) is 0 Å². The molecule has 1 aromatic heterocycles. The third-order valence-electron chi connectivity index (χ3n) is 3.13. The number of hydrogen-bond acceptors (Lipinski definition) is 5. The molecule has 0 saturated carbocycles. The number of aliphatic hydroxyl groups excluding tert-OH is 1. The van der Waals surface area contributed by atoms with E-state index in [1.807, 2.05) is 29.0 Å². The molecule has 0 radical (unpaired) electrons. The summed E-state index contributed by atoms with van der Waals surface area (Å²) in [7, 11) is 1.55. The maximum atomic E-state index is 12.0. The quantitative estimate of drug-likeness (QED) is 0.692. The van der Waals surface area contributed by atoms with E-state index in [2.05, 4.69) is 10.6 Å². The molecule has 0 spiro atoms. The smallest absolute Gasteiger partial charge is 0.319 e. The van der Waals surface area contributed by atoms with Crippen molar-refractivity contribution < 1.29 is 19.4 Å². The standard InChI is InChI=1S/C16H20N2O4S/c1-21-14-5-3-2-4-13(14)18-16(20)17-10-15(22-8-7-19)12-6-9-23-11-12/h2-6,9,11,15,19H,7-8,10H2,1H3,(H2,17,18,20)/t15-/m0/s1. The molecule has 0 unspecified atom stereocenters. The first-order valence-corrected chi connectivity index (χ1v) is 8.11. The molecule has 0 aliphatic heterocycles. The van der Waals surface area contributed by atoms with E-state index < -0.39 is 0 Å². The van der Waals surface area contributed by atoms with Crippen molar-refractivity contribution in [3.63, 3.8) is 0 Å². The number of aliphatic hydroxyl groups is 1. The highest BCUT2D eigenvalue weighted by molar-refractivity contribution is 7.07.